The number of carbonyl (C=O) groups is 2. The highest BCUT2D eigenvalue weighted by atomic mass is 35.5. The number of esters is 1. The van der Waals surface area contributed by atoms with Crippen molar-refractivity contribution in [3.63, 3.8) is 0 Å². The van der Waals surface area contributed by atoms with Crippen LogP contribution in [0.15, 0.2) is 30.3 Å². The highest BCUT2D eigenvalue weighted by Crippen LogP contribution is 2.26. The van der Waals surface area contributed by atoms with Gasteiger partial charge in [0.1, 0.15) is 10.8 Å². The van der Waals surface area contributed by atoms with Gasteiger partial charge in [-0.25, -0.2) is 4.79 Å². The number of anilines is 1. The molecule has 2 rings (SSSR count). The number of aromatic nitrogens is 1. The van der Waals surface area contributed by atoms with Gasteiger partial charge in [0.2, 0.25) is 0 Å². The minimum atomic E-state index is -0.533. The van der Waals surface area contributed by atoms with Crippen LogP contribution in [0.1, 0.15) is 20.8 Å². The minimum absolute atomic E-state index is 0.264. The highest BCUT2D eigenvalue weighted by molar-refractivity contribution is 6.42. The van der Waals surface area contributed by atoms with E-state index in [0.717, 1.165) is 0 Å². The molecule has 0 fully saturated rings. The topological polar surface area (TPSA) is 60.3 Å². The van der Waals surface area contributed by atoms with E-state index >= 15 is 0 Å². The van der Waals surface area contributed by atoms with Gasteiger partial charge in [-0.3, -0.25) is 4.79 Å². The second-order valence-electron chi connectivity index (χ2n) is 4.22. The van der Waals surface area contributed by atoms with Crippen LogP contribution in [-0.2, 0) is 11.8 Å². The maximum Gasteiger partial charge on any atom is 0.339 e. The van der Waals surface area contributed by atoms with Gasteiger partial charge in [-0.1, -0.05) is 35.3 Å². The van der Waals surface area contributed by atoms with Gasteiger partial charge in [0.15, 0.2) is 0 Å². The first-order valence-corrected chi connectivity index (χ1v) is 6.70. The van der Waals surface area contributed by atoms with Crippen molar-refractivity contribution in [3.05, 3.63) is 51.8 Å². The summed E-state index contributed by atoms with van der Waals surface area (Å²) in [5.41, 5.74) is 0.896. The molecule has 0 aliphatic carbocycles. The van der Waals surface area contributed by atoms with Crippen molar-refractivity contribution < 1.29 is 14.3 Å². The Balaban J connectivity index is 2.32. The molecule has 7 heteroatoms. The fraction of sp³-hybridized carbons (Fsp3) is 0.143. The van der Waals surface area contributed by atoms with Crippen molar-refractivity contribution in [1.29, 1.82) is 0 Å². The SMILES string of the molecule is COC(=O)c1ccccc1NC(=O)c1cc(Cl)c(Cl)n1C. The molecule has 1 heterocycles. The molecule has 21 heavy (non-hydrogen) atoms. The van der Waals surface area contributed by atoms with E-state index in [1.54, 1.807) is 31.3 Å². The van der Waals surface area contributed by atoms with E-state index in [0.29, 0.717) is 5.69 Å². The lowest BCUT2D eigenvalue weighted by Gasteiger charge is -2.10. The number of hydrogen-bond acceptors (Lipinski definition) is 3. The molecule has 1 N–H and O–H groups in total. The van der Waals surface area contributed by atoms with E-state index in [-0.39, 0.29) is 21.4 Å². The van der Waals surface area contributed by atoms with Gasteiger partial charge < -0.3 is 14.6 Å². The zero-order valence-corrected chi connectivity index (χ0v) is 12.8. The van der Waals surface area contributed by atoms with Crippen molar-refractivity contribution in [3.8, 4) is 0 Å². The smallest absolute Gasteiger partial charge is 0.339 e. The van der Waals surface area contributed by atoms with E-state index in [4.69, 9.17) is 23.2 Å². The molecule has 0 bridgehead atoms. The molecule has 1 amide bonds. The van der Waals surface area contributed by atoms with Gasteiger partial charge in [-0.2, -0.15) is 0 Å². The molecular formula is C14H12Cl2N2O3. The fourth-order valence-corrected chi connectivity index (χ4v) is 2.20. The molecule has 0 atom stereocenters. The second-order valence-corrected chi connectivity index (χ2v) is 4.98. The number of halogens is 2. The Morgan fingerprint density at radius 3 is 2.48 bits per heavy atom. The Morgan fingerprint density at radius 1 is 1.24 bits per heavy atom. The quantitative estimate of drug-likeness (QED) is 0.879. The fourth-order valence-electron chi connectivity index (χ4n) is 1.83. The van der Waals surface area contributed by atoms with Crippen LogP contribution in [0.5, 0.6) is 0 Å². The average molecular weight is 327 g/mol. The Labute approximate surface area is 131 Å². The lowest BCUT2D eigenvalue weighted by Crippen LogP contribution is -2.18. The summed E-state index contributed by atoms with van der Waals surface area (Å²) in [4.78, 5) is 23.9. The average Bonchev–Trinajstić information content (AvgIpc) is 2.74. The summed E-state index contributed by atoms with van der Waals surface area (Å²) in [6.45, 7) is 0. The first-order valence-electron chi connectivity index (χ1n) is 5.95. The van der Waals surface area contributed by atoms with Gasteiger partial charge in [0.25, 0.3) is 5.91 Å². The summed E-state index contributed by atoms with van der Waals surface area (Å²) in [7, 11) is 2.90. The Bertz CT molecular complexity index is 710. The third-order valence-electron chi connectivity index (χ3n) is 2.93. The molecular weight excluding hydrogens is 315 g/mol. The van der Waals surface area contributed by atoms with Gasteiger partial charge in [-0.05, 0) is 18.2 Å². The summed E-state index contributed by atoms with van der Waals surface area (Å²) in [6, 6.07) is 8.01. The second kappa shape index (κ2) is 6.20. The number of nitrogens with zero attached hydrogens (tertiary/aromatic N) is 1. The molecule has 1 aromatic heterocycles. The van der Waals surface area contributed by atoms with Crippen LogP contribution in [0.25, 0.3) is 0 Å². The number of rotatable bonds is 3. The standard InChI is InChI=1S/C14H12Cl2N2O3/c1-18-11(7-9(15)12(18)16)13(19)17-10-6-4-3-5-8(10)14(20)21-2/h3-7H,1-2H3,(H,17,19). The molecule has 0 radical (unpaired) electrons. The maximum absolute atomic E-state index is 12.3. The zero-order chi connectivity index (χ0) is 15.6. The maximum atomic E-state index is 12.3. The van der Waals surface area contributed by atoms with Gasteiger partial charge in [-0.15, -0.1) is 0 Å². The van der Waals surface area contributed by atoms with Crippen molar-refractivity contribution >= 4 is 40.8 Å². The number of hydrogen-bond donors (Lipinski definition) is 1. The number of carbonyl (C=O) groups excluding carboxylic acids is 2. The number of nitrogens with one attached hydrogen (secondary N) is 1. The molecule has 1 aromatic carbocycles. The number of benzene rings is 1. The van der Waals surface area contributed by atoms with Crippen LogP contribution >= 0.6 is 23.2 Å². The highest BCUT2D eigenvalue weighted by Gasteiger charge is 2.18. The number of amides is 1. The molecule has 110 valence electrons. The molecule has 0 aliphatic rings. The summed E-state index contributed by atoms with van der Waals surface area (Å²) < 4.78 is 6.13. The Morgan fingerprint density at radius 2 is 1.90 bits per heavy atom. The summed E-state index contributed by atoms with van der Waals surface area (Å²) in [5, 5.41) is 3.20. The third-order valence-corrected chi connectivity index (χ3v) is 3.77. The van der Waals surface area contributed by atoms with Crippen LogP contribution in [0.4, 0.5) is 5.69 Å². The first kappa shape index (κ1) is 15.4. The summed E-state index contributed by atoms with van der Waals surface area (Å²) >= 11 is 11.8. The Kier molecular flexibility index (Phi) is 4.55. The molecule has 0 unspecified atom stereocenters. The van der Waals surface area contributed by atoms with Gasteiger partial charge in [0.05, 0.1) is 23.4 Å². The predicted octanol–water partition coefficient (Wildman–Crippen LogP) is 3.37. The van der Waals surface area contributed by atoms with Crippen molar-refractivity contribution in [2.75, 3.05) is 12.4 Å². The van der Waals surface area contributed by atoms with Crippen LogP contribution in [-0.4, -0.2) is 23.6 Å². The van der Waals surface area contributed by atoms with E-state index in [1.807, 2.05) is 0 Å². The van der Waals surface area contributed by atoms with Crippen LogP contribution in [0.2, 0.25) is 10.2 Å². The number of methoxy groups -OCH3 is 1. The predicted molar refractivity (Wildman–Crippen MR) is 81.2 cm³/mol. The molecule has 0 spiro atoms. The van der Waals surface area contributed by atoms with Crippen molar-refractivity contribution in [1.82, 2.24) is 4.57 Å². The van der Waals surface area contributed by atoms with E-state index in [2.05, 4.69) is 10.1 Å². The molecule has 0 saturated heterocycles. The summed E-state index contributed by atoms with van der Waals surface area (Å²) in [6.07, 6.45) is 0. The van der Waals surface area contributed by atoms with Crippen molar-refractivity contribution in [2.45, 2.75) is 0 Å². The lowest BCUT2D eigenvalue weighted by molar-refractivity contribution is 0.0602. The van der Waals surface area contributed by atoms with Crippen LogP contribution < -0.4 is 5.32 Å². The lowest BCUT2D eigenvalue weighted by atomic mass is 10.1. The van der Waals surface area contributed by atoms with E-state index in [1.165, 1.54) is 17.7 Å². The zero-order valence-electron chi connectivity index (χ0n) is 11.3. The van der Waals surface area contributed by atoms with Crippen LogP contribution in [0.3, 0.4) is 0 Å². The Hall–Kier alpha value is -1.98. The first-order chi connectivity index (χ1) is 9.95. The monoisotopic (exact) mass is 326 g/mol. The third kappa shape index (κ3) is 3.04. The van der Waals surface area contributed by atoms with Gasteiger partial charge >= 0.3 is 5.97 Å². The van der Waals surface area contributed by atoms with E-state index < -0.39 is 11.9 Å². The van der Waals surface area contributed by atoms with E-state index in [9.17, 15) is 9.59 Å². The minimum Gasteiger partial charge on any atom is -0.465 e. The molecule has 5 nitrogen and oxygen atoms in total. The normalized spacial score (nSPS) is 10.3. The summed E-state index contributed by atoms with van der Waals surface area (Å²) in [5.74, 6) is -0.962. The number of para-hydroxylation sites is 1. The number of ether oxygens (including phenoxy) is 1. The largest absolute Gasteiger partial charge is 0.465 e. The van der Waals surface area contributed by atoms with Crippen molar-refractivity contribution in [2.24, 2.45) is 7.05 Å². The molecule has 0 saturated carbocycles. The van der Waals surface area contributed by atoms with Gasteiger partial charge in [0, 0.05) is 7.05 Å². The molecule has 0 aliphatic heterocycles. The molecule has 2 aromatic rings. The van der Waals surface area contributed by atoms with Crippen LogP contribution in [0, 0.1) is 0 Å².